The normalized spacial score (nSPS) is 23.2. The van der Waals surface area contributed by atoms with Crippen molar-refractivity contribution in [2.24, 2.45) is 5.41 Å². The van der Waals surface area contributed by atoms with Crippen LogP contribution in [0.2, 0.25) is 0 Å². The van der Waals surface area contributed by atoms with Gasteiger partial charge in [0.15, 0.2) is 0 Å². The lowest BCUT2D eigenvalue weighted by Crippen LogP contribution is -2.18. The van der Waals surface area contributed by atoms with E-state index in [2.05, 4.69) is 6.07 Å². The molecule has 60 valence electrons. The van der Waals surface area contributed by atoms with Crippen molar-refractivity contribution in [3.63, 3.8) is 0 Å². The molecule has 0 atom stereocenters. The summed E-state index contributed by atoms with van der Waals surface area (Å²) in [5, 5.41) is 8.79. The predicted octanol–water partition coefficient (Wildman–Crippen LogP) is 2.05. The van der Waals surface area contributed by atoms with Crippen molar-refractivity contribution in [3.05, 3.63) is 0 Å². The first kappa shape index (κ1) is 8.26. The van der Waals surface area contributed by atoms with Crippen LogP contribution in [0, 0.1) is 16.7 Å². The fourth-order valence-corrected chi connectivity index (χ4v) is 1.62. The van der Waals surface area contributed by atoms with E-state index in [4.69, 9.17) is 5.26 Å². The van der Waals surface area contributed by atoms with Gasteiger partial charge in [0.05, 0.1) is 6.07 Å². The Morgan fingerprint density at radius 3 is 2.09 bits per heavy atom. The molecule has 2 heteroatoms. The maximum Gasteiger partial charge on any atom is 0.140 e. The largest absolute Gasteiger partial charge is 0.302 e. The number of carbonyl (C=O) groups excluding carboxylic acids is 1. The van der Waals surface area contributed by atoms with Crippen LogP contribution in [-0.2, 0) is 4.79 Å². The van der Waals surface area contributed by atoms with Gasteiger partial charge in [-0.15, -0.1) is 0 Å². The summed E-state index contributed by atoms with van der Waals surface area (Å²) in [7, 11) is 0. The van der Waals surface area contributed by atoms with Crippen LogP contribution in [0.25, 0.3) is 0 Å². The minimum Gasteiger partial charge on any atom is -0.302 e. The smallest absolute Gasteiger partial charge is 0.140 e. The SMILES string of the molecule is N#CC1(C=O)CCCCCC1. The number of nitrogens with zero attached hydrogens (tertiary/aromatic N) is 1. The first-order chi connectivity index (χ1) is 5.33. The zero-order valence-corrected chi connectivity index (χ0v) is 6.68. The van der Waals surface area contributed by atoms with Gasteiger partial charge in [-0.1, -0.05) is 25.7 Å². The van der Waals surface area contributed by atoms with E-state index in [0.717, 1.165) is 32.0 Å². The summed E-state index contributed by atoms with van der Waals surface area (Å²) in [4.78, 5) is 10.6. The molecule has 2 nitrogen and oxygen atoms in total. The number of aldehydes is 1. The minimum absolute atomic E-state index is 0.628. The van der Waals surface area contributed by atoms with E-state index < -0.39 is 5.41 Å². The zero-order valence-electron chi connectivity index (χ0n) is 6.68. The number of rotatable bonds is 1. The average Bonchev–Trinajstić information content (AvgIpc) is 2.30. The van der Waals surface area contributed by atoms with E-state index in [1.807, 2.05) is 0 Å². The van der Waals surface area contributed by atoms with Gasteiger partial charge in [-0.2, -0.15) is 5.26 Å². The van der Waals surface area contributed by atoms with Crippen LogP contribution in [-0.4, -0.2) is 6.29 Å². The van der Waals surface area contributed by atoms with Gasteiger partial charge in [-0.25, -0.2) is 0 Å². The van der Waals surface area contributed by atoms with Crippen molar-refractivity contribution < 1.29 is 4.79 Å². The van der Waals surface area contributed by atoms with Crippen molar-refractivity contribution in [2.75, 3.05) is 0 Å². The maximum atomic E-state index is 10.6. The number of nitriles is 1. The van der Waals surface area contributed by atoms with Crippen molar-refractivity contribution in [2.45, 2.75) is 38.5 Å². The molecule has 0 aliphatic heterocycles. The highest BCUT2D eigenvalue weighted by Gasteiger charge is 2.29. The standard InChI is InChI=1S/C9H13NO/c10-7-9(8-11)5-3-1-2-4-6-9/h8H,1-6H2. The van der Waals surface area contributed by atoms with Gasteiger partial charge >= 0.3 is 0 Å². The Labute approximate surface area is 67.2 Å². The van der Waals surface area contributed by atoms with Crippen molar-refractivity contribution in [1.82, 2.24) is 0 Å². The molecule has 1 saturated carbocycles. The van der Waals surface area contributed by atoms with Crippen molar-refractivity contribution >= 4 is 6.29 Å². The Kier molecular flexibility index (Phi) is 2.64. The van der Waals surface area contributed by atoms with Gasteiger partial charge in [0.25, 0.3) is 0 Å². The Balaban J connectivity index is 2.65. The third-order valence-electron chi connectivity index (χ3n) is 2.44. The number of carbonyl (C=O) groups is 1. The quantitative estimate of drug-likeness (QED) is 0.425. The van der Waals surface area contributed by atoms with Crippen LogP contribution in [0.3, 0.4) is 0 Å². The summed E-state index contributed by atoms with van der Waals surface area (Å²) in [5.74, 6) is 0. The van der Waals surface area contributed by atoms with Gasteiger partial charge in [0.1, 0.15) is 11.7 Å². The summed E-state index contributed by atoms with van der Waals surface area (Å²) in [6.45, 7) is 0. The molecule has 0 N–H and O–H groups in total. The molecule has 0 radical (unpaired) electrons. The third kappa shape index (κ3) is 1.80. The Hall–Kier alpha value is -0.840. The molecule has 0 unspecified atom stereocenters. The van der Waals surface area contributed by atoms with Crippen LogP contribution < -0.4 is 0 Å². The molecule has 1 fully saturated rings. The molecular weight excluding hydrogens is 138 g/mol. The molecule has 0 aromatic rings. The van der Waals surface area contributed by atoms with Gasteiger partial charge in [0.2, 0.25) is 0 Å². The minimum atomic E-state index is -0.628. The van der Waals surface area contributed by atoms with Gasteiger partial charge in [0, 0.05) is 0 Å². The van der Waals surface area contributed by atoms with Crippen LogP contribution in [0.5, 0.6) is 0 Å². The molecule has 0 saturated heterocycles. The molecule has 1 aliphatic rings. The van der Waals surface area contributed by atoms with Crippen LogP contribution in [0.4, 0.5) is 0 Å². The highest BCUT2D eigenvalue weighted by atomic mass is 16.1. The molecule has 0 amide bonds. The molecule has 1 rings (SSSR count). The Morgan fingerprint density at radius 2 is 1.73 bits per heavy atom. The summed E-state index contributed by atoms with van der Waals surface area (Å²) in [5.41, 5.74) is -0.628. The lowest BCUT2D eigenvalue weighted by Gasteiger charge is -2.15. The van der Waals surface area contributed by atoms with Crippen LogP contribution in [0.15, 0.2) is 0 Å². The first-order valence-electron chi connectivity index (χ1n) is 4.21. The predicted molar refractivity (Wildman–Crippen MR) is 41.8 cm³/mol. The highest BCUT2D eigenvalue weighted by Crippen LogP contribution is 2.32. The summed E-state index contributed by atoms with van der Waals surface area (Å²) in [6.07, 6.45) is 6.81. The second-order valence-corrected chi connectivity index (χ2v) is 3.30. The summed E-state index contributed by atoms with van der Waals surface area (Å²) >= 11 is 0. The summed E-state index contributed by atoms with van der Waals surface area (Å²) < 4.78 is 0. The number of hydrogen-bond acceptors (Lipinski definition) is 2. The molecule has 0 aromatic carbocycles. The molecule has 0 heterocycles. The maximum absolute atomic E-state index is 10.6. The topological polar surface area (TPSA) is 40.9 Å². The average molecular weight is 151 g/mol. The van der Waals surface area contributed by atoms with E-state index in [1.54, 1.807) is 0 Å². The van der Waals surface area contributed by atoms with E-state index in [0.29, 0.717) is 0 Å². The van der Waals surface area contributed by atoms with Crippen LogP contribution >= 0.6 is 0 Å². The van der Waals surface area contributed by atoms with Gasteiger partial charge < -0.3 is 4.79 Å². The summed E-state index contributed by atoms with van der Waals surface area (Å²) in [6, 6.07) is 2.14. The highest BCUT2D eigenvalue weighted by molar-refractivity contribution is 5.63. The second kappa shape index (κ2) is 3.52. The zero-order chi connectivity index (χ0) is 8.16. The molecule has 0 aromatic heterocycles. The van der Waals surface area contributed by atoms with Crippen molar-refractivity contribution in [1.29, 1.82) is 5.26 Å². The monoisotopic (exact) mass is 151 g/mol. The lowest BCUT2D eigenvalue weighted by atomic mass is 9.84. The Bertz CT molecular complexity index is 172. The molecule has 0 bridgehead atoms. The van der Waals surface area contributed by atoms with Gasteiger partial charge in [-0.3, -0.25) is 0 Å². The molecule has 11 heavy (non-hydrogen) atoms. The van der Waals surface area contributed by atoms with E-state index >= 15 is 0 Å². The lowest BCUT2D eigenvalue weighted by molar-refractivity contribution is -0.114. The second-order valence-electron chi connectivity index (χ2n) is 3.30. The first-order valence-corrected chi connectivity index (χ1v) is 4.21. The molecule has 0 spiro atoms. The van der Waals surface area contributed by atoms with Crippen LogP contribution in [0.1, 0.15) is 38.5 Å². The number of hydrogen-bond donors (Lipinski definition) is 0. The van der Waals surface area contributed by atoms with E-state index in [9.17, 15) is 4.79 Å². The third-order valence-corrected chi connectivity index (χ3v) is 2.44. The van der Waals surface area contributed by atoms with E-state index in [1.165, 1.54) is 12.8 Å². The van der Waals surface area contributed by atoms with Crippen molar-refractivity contribution in [3.8, 4) is 6.07 Å². The Morgan fingerprint density at radius 1 is 1.18 bits per heavy atom. The fourth-order valence-electron chi connectivity index (χ4n) is 1.62. The molecule has 1 aliphatic carbocycles. The molecular formula is C9H13NO. The van der Waals surface area contributed by atoms with E-state index in [-0.39, 0.29) is 0 Å². The fraction of sp³-hybridized carbons (Fsp3) is 0.778. The van der Waals surface area contributed by atoms with Gasteiger partial charge in [-0.05, 0) is 12.8 Å².